The number of benzene rings is 4. The highest BCUT2D eigenvalue weighted by Crippen LogP contribution is 2.30. The first-order chi connectivity index (χ1) is 29.0. The van der Waals surface area contributed by atoms with E-state index in [-0.39, 0.29) is 38.1 Å². The number of rotatable bonds is 16. The molecule has 12 nitrogen and oxygen atoms in total. The third-order valence-electron chi connectivity index (χ3n) is 9.11. The maximum atomic E-state index is 13.9. The second-order valence-corrected chi connectivity index (χ2v) is 13.2. The fourth-order valence-corrected chi connectivity index (χ4v) is 5.71. The summed E-state index contributed by atoms with van der Waals surface area (Å²) in [5, 5.41) is 23.7. The summed E-state index contributed by atoms with van der Waals surface area (Å²) in [5.74, 6) is 1.93. The van der Waals surface area contributed by atoms with Crippen LogP contribution in [0.25, 0.3) is 4.85 Å². The van der Waals surface area contributed by atoms with Crippen LogP contribution in [0, 0.1) is 42.6 Å². The number of ether oxygens (including phenoxy) is 4. The summed E-state index contributed by atoms with van der Waals surface area (Å²) in [5.41, 5.74) is 18.1. The highest BCUT2D eigenvalue weighted by Gasteiger charge is 2.17. The smallest absolute Gasteiger partial charge is 0.187 e. The number of hydrogen-bond donors (Lipinski definition) is 4. The van der Waals surface area contributed by atoms with Crippen molar-refractivity contribution in [3.63, 3.8) is 0 Å². The minimum Gasteiger partial charge on any atom is -0.489 e. The molecule has 0 fully saturated rings. The summed E-state index contributed by atoms with van der Waals surface area (Å²) in [7, 11) is 0. The van der Waals surface area contributed by atoms with E-state index in [1.54, 1.807) is 99.0 Å². The molecule has 0 spiro atoms. The molecule has 6 N–H and O–H groups in total. The van der Waals surface area contributed by atoms with Gasteiger partial charge in [0.05, 0.1) is 29.6 Å². The van der Waals surface area contributed by atoms with Crippen LogP contribution in [-0.4, -0.2) is 21.6 Å². The van der Waals surface area contributed by atoms with Gasteiger partial charge in [0.25, 0.3) is 0 Å². The third kappa shape index (κ3) is 11.6. The molecule has 0 bridgehead atoms. The van der Waals surface area contributed by atoms with E-state index in [2.05, 4.69) is 14.8 Å². The first kappa shape index (κ1) is 43.3. The molecule has 60 heavy (non-hydrogen) atoms. The van der Waals surface area contributed by atoms with E-state index < -0.39 is 13.3 Å². The zero-order valence-corrected chi connectivity index (χ0v) is 33.0. The number of nitrogen functional groups attached to an aromatic ring is 2. The molecule has 0 atom stereocenters. The molecular formula is C46H42F2N8O4. The van der Waals surface area contributed by atoms with Crippen molar-refractivity contribution in [1.82, 2.24) is 9.97 Å². The highest BCUT2D eigenvalue weighted by molar-refractivity contribution is 5.95. The molecular weight excluding hydrogens is 767 g/mol. The lowest BCUT2D eigenvalue weighted by Gasteiger charge is -2.16. The molecule has 0 aliphatic rings. The highest BCUT2D eigenvalue weighted by atomic mass is 19.1. The molecule has 0 saturated heterocycles. The lowest BCUT2D eigenvalue weighted by molar-refractivity contribution is 0.282. The monoisotopic (exact) mass is 808 g/mol. The summed E-state index contributed by atoms with van der Waals surface area (Å²) >= 11 is 0. The van der Waals surface area contributed by atoms with Gasteiger partial charge in [-0.15, -0.1) is 0 Å². The topological polar surface area (TPSA) is 191 Å². The Labute approximate surface area is 346 Å². The van der Waals surface area contributed by atoms with Gasteiger partial charge in [-0.2, -0.15) is 5.26 Å². The van der Waals surface area contributed by atoms with Crippen LogP contribution in [0.2, 0.25) is 0 Å². The molecule has 0 amide bonds. The minimum absolute atomic E-state index is 0.00383. The second-order valence-electron chi connectivity index (χ2n) is 13.2. The number of pyridine rings is 2. The number of halogens is 2. The number of alkyl halides is 2. The molecule has 4 aromatic carbocycles. The Morgan fingerprint density at radius 3 is 1.42 bits per heavy atom. The number of amidine groups is 2. The first-order valence-electron chi connectivity index (χ1n) is 18.5. The van der Waals surface area contributed by atoms with Crippen molar-refractivity contribution < 1.29 is 27.7 Å². The predicted octanol–water partition coefficient (Wildman–Crippen LogP) is 9.03. The van der Waals surface area contributed by atoms with E-state index in [0.29, 0.717) is 79.0 Å². The molecule has 0 radical (unpaired) electrons. The summed E-state index contributed by atoms with van der Waals surface area (Å²) in [4.78, 5) is 12.0. The number of hydrogen-bond acceptors (Lipinski definition) is 9. The molecule has 6 rings (SSSR count). The van der Waals surface area contributed by atoms with Crippen LogP contribution in [0.5, 0.6) is 23.0 Å². The zero-order valence-electron chi connectivity index (χ0n) is 33.0. The van der Waals surface area contributed by atoms with Crippen molar-refractivity contribution in [2.24, 2.45) is 11.5 Å². The average molecular weight is 809 g/mol. The van der Waals surface area contributed by atoms with Gasteiger partial charge in [-0.05, 0) is 73.5 Å². The lowest BCUT2D eigenvalue weighted by Crippen LogP contribution is -2.11. The van der Waals surface area contributed by atoms with Gasteiger partial charge in [0.1, 0.15) is 74.4 Å². The maximum absolute atomic E-state index is 13.9. The number of nitriles is 1. The van der Waals surface area contributed by atoms with Gasteiger partial charge in [-0.1, -0.05) is 48.5 Å². The van der Waals surface area contributed by atoms with Crippen molar-refractivity contribution in [2.75, 3.05) is 0 Å². The number of nitrogens with one attached hydrogen (secondary N) is 2. The molecule has 0 unspecified atom stereocenters. The first-order valence-corrected chi connectivity index (χ1v) is 18.5. The summed E-state index contributed by atoms with van der Waals surface area (Å²) < 4.78 is 51.0. The molecule has 0 aliphatic carbocycles. The summed E-state index contributed by atoms with van der Waals surface area (Å²) in [6, 6.07) is 29.7. The number of aryl methyl sites for hydroxylation is 2. The quantitative estimate of drug-likeness (QED) is 0.0420. The van der Waals surface area contributed by atoms with Crippen LogP contribution in [0.4, 0.5) is 14.5 Å². The Morgan fingerprint density at radius 1 is 0.633 bits per heavy atom. The fourth-order valence-electron chi connectivity index (χ4n) is 5.71. The van der Waals surface area contributed by atoms with Crippen molar-refractivity contribution in [1.29, 1.82) is 16.1 Å². The third-order valence-corrected chi connectivity index (χ3v) is 9.11. The minimum atomic E-state index is -0.718. The van der Waals surface area contributed by atoms with Crippen LogP contribution < -0.4 is 30.4 Å². The number of nitrogens with two attached hydrogens (primary N) is 2. The van der Waals surface area contributed by atoms with E-state index in [0.717, 1.165) is 11.1 Å². The van der Waals surface area contributed by atoms with Crippen molar-refractivity contribution in [3.8, 4) is 29.1 Å². The van der Waals surface area contributed by atoms with Gasteiger partial charge in [-0.25, -0.2) is 13.6 Å². The second kappa shape index (κ2) is 21.1. The zero-order chi connectivity index (χ0) is 43.0. The van der Waals surface area contributed by atoms with Gasteiger partial charge in [-0.3, -0.25) is 20.8 Å². The number of aromatic nitrogens is 2. The van der Waals surface area contributed by atoms with E-state index in [4.69, 9.17) is 53.1 Å². The van der Waals surface area contributed by atoms with Crippen molar-refractivity contribution in [2.45, 2.75) is 53.6 Å². The summed E-state index contributed by atoms with van der Waals surface area (Å²) in [6.07, 6.45) is 3.17. The van der Waals surface area contributed by atoms with Crippen molar-refractivity contribution in [3.05, 3.63) is 182 Å². The van der Waals surface area contributed by atoms with E-state index in [1.165, 1.54) is 0 Å². The predicted molar refractivity (Wildman–Crippen MR) is 224 cm³/mol. The Hall–Kier alpha value is -7.84. The van der Waals surface area contributed by atoms with Crippen LogP contribution in [-0.2, 0) is 39.8 Å². The SMILES string of the molecule is Cc1ncc(COc2ccc(C(=N)N)cc2)c(CF)c1OCc1ccc(C(=N)N)cc1.[C-]#[N+]c1ccc(COc2c(C)ncc(COc3ccc(C#N)cc3)c2CF)cc1. The molecule has 304 valence electrons. The average Bonchev–Trinajstić information content (AvgIpc) is 3.27. The van der Waals surface area contributed by atoms with Crippen molar-refractivity contribution >= 4 is 17.4 Å². The van der Waals surface area contributed by atoms with Crippen LogP contribution >= 0.6 is 0 Å². The molecule has 2 heterocycles. The normalized spacial score (nSPS) is 10.3. The van der Waals surface area contributed by atoms with Gasteiger partial charge in [0.2, 0.25) is 0 Å². The van der Waals surface area contributed by atoms with Crippen LogP contribution in [0.3, 0.4) is 0 Å². The Bertz CT molecular complexity index is 2500. The van der Waals surface area contributed by atoms with E-state index >= 15 is 0 Å². The van der Waals surface area contributed by atoms with Gasteiger partial charge < -0.3 is 30.4 Å². The largest absolute Gasteiger partial charge is 0.489 e. The number of nitrogens with zero attached hydrogens (tertiary/aromatic N) is 4. The van der Waals surface area contributed by atoms with Gasteiger partial charge in [0, 0.05) is 45.8 Å². The standard InChI is InChI=1S/C23H24FN5O2.C23H18FN3O2/c1-14-21(31-12-15-2-4-16(5-3-15)22(25)26)20(10-24)18(11-29-14)13-30-19-8-6-17(7-9-19)23(27)28;1-16-23(29-14-18-3-7-20(26-2)8-4-18)22(11-24)19(13-27-16)15-28-21-9-5-17(12-25)6-10-21/h2-9,11H,10,12-13H2,1H3,(H3,25,26)(H3,27,28);3-10,13H,11,14-15H2,1H3. The Morgan fingerprint density at radius 2 is 1.03 bits per heavy atom. The van der Waals surface area contributed by atoms with Crippen LogP contribution in [0.1, 0.15) is 61.5 Å². The van der Waals surface area contributed by atoms with E-state index in [1.807, 2.05) is 30.3 Å². The Balaban J connectivity index is 0.000000228. The molecule has 14 heteroatoms. The molecule has 0 aliphatic heterocycles. The van der Waals surface area contributed by atoms with Crippen LogP contribution in [0.15, 0.2) is 109 Å². The molecule has 6 aromatic rings. The maximum Gasteiger partial charge on any atom is 0.187 e. The summed E-state index contributed by atoms with van der Waals surface area (Å²) in [6.45, 7) is 9.82. The fraction of sp³-hybridized carbons (Fsp3) is 0.174. The van der Waals surface area contributed by atoms with E-state index in [9.17, 15) is 8.78 Å². The van der Waals surface area contributed by atoms with Gasteiger partial charge in [0.15, 0.2) is 5.69 Å². The molecule has 0 saturated carbocycles. The Kier molecular flexibility index (Phi) is 15.2. The molecule has 2 aromatic heterocycles. The lowest BCUT2D eigenvalue weighted by atomic mass is 10.1. The van der Waals surface area contributed by atoms with Gasteiger partial charge >= 0.3 is 0 Å².